The first-order chi connectivity index (χ1) is 16.5. The Labute approximate surface area is 197 Å². The van der Waals surface area contributed by atoms with Crippen molar-refractivity contribution in [2.75, 3.05) is 26.1 Å². The van der Waals surface area contributed by atoms with Gasteiger partial charge in [0.1, 0.15) is 11.5 Å². The lowest BCUT2D eigenvalue weighted by atomic mass is 10.1. The number of methoxy groups -OCH3 is 2. The van der Waals surface area contributed by atoms with Crippen LogP contribution >= 0.6 is 11.3 Å². The van der Waals surface area contributed by atoms with Gasteiger partial charge < -0.3 is 19.3 Å². The highest BCUT2D eigenvalue weighted by atomic mass is 32.1. The van der Waals surface area contributed by atoms with Crippen molar-refractivity contribution in [1.82, 2.24) is 15.6 Å². The fourth-order valence-electron chi connectivity index (χ4n) is 3.11. The van der Waals surface area contributed by atoms with Gasteiger partial charge in [0.05, 0.1) is 23.9 Å². The third-order valence-corrected chi connectivity index (χ3v) is 5.63. The zero-order chi connectivity index (χ0) is 24.1. The standard InChI is InChI=1S/C22H20FN5O5S/c1-31-11-17(21(29)32-2)25-20(27-30)18-10-16(28-33-18)12-4-3-5-14(8-12)24-22-26-15-7-6-13(23)9-19(15)34-22/h3-10,17,30H,11H2,1-2H3,(H,24,26)(H,25,27). The van der Waals surface area contributed by atoms with Crippen LogP contribution in [0.15, 0.2) is 58.0 Å². The van der Waals surface area contributed by atoms with Crippen LogP contribution in [0, 0.1) is 5.82 Å². The summed E-state index contributed by atoms with van der Waals surface area (Å²) in [6.07, 6.45) is 0. The fraction of sp³-hybridized carbons (Fsp3) is 0.182. The SMILES string of the molecule is COCC(N=C(NO)c1cc(-c2cccc(Nc3nc4ccc(F)cc4s3)c2)no1)C(=O)OC. The third kappa shape index (κ3) is 5.20. The summed E-state index contributed by atoms with van der Waals surface area (Å²) in [5.74, 6) is -0.950. The minimum absolute atomic E-state index is 0.0506. The number of halogens is 1. The van der Waals surface area contributed by atoms with E-state index >= 15 is 0 Å². The summed E-state index contributed by atoms with van der Waals surface area (Å²) in [6, 6.07) is 12.3. The first kappa shape index (κ1) is 23.3. The van der Waals surface area contributed by atoms with Crippen molar-refractivity contribution in [3.8, 4) is 11.3 Å². The Morgan fingerprint density at radius 1 is 1.26 bits per heavy atom. The van der Waals surface area contributed by atoms with Crippen LogP contribution in [-0.4, -0.2) is 54.0 Å². The van der Waals surface area contributed by atoms with Gasteiger partial charge in [0.15, 0.2) is 17.0 Å². The second-order valence-corrected chi connectivity index (χ2v) is 8.03. The molecule has 176 valence electrons. The Morgan fingerprint density at radius 2 is 2.12 bits per heavy atom. The molecular weight excluding hydrogens is 465 g/mol. The number of hydroxylamine groups is 1. The van der Waals surface area contributed by atoms with Gasteiger partial charge in [-0.25, -0.2) is 24.6 Å². The molecule has 1 atom stereocenters. The van der Waals surface area contributed by atoms with Crippen molar-refractivity contribution < 1.29 is 28.4 Å². The Hall–Kier alpha value is -3.87. The van der Waals surface area contributed by atoms with Gasteiger partial charge in [-0.2, -0.15) is 0 Å². The molecule has 2 aromatic carbocycles. The van der Waals surface area contributed by atoms with Gasteiger partial charge in [-0.05, 0) is 30.3 Å². The quantitative estimate of drug-likeness (QED) is 0.148. The molecule has 4 aromatic rings. The maximum atomic E-state index is 13.4. The number of nitrogens with one attached hydrogen (secondary N) is 2. The molecule has 2 heterocycles. The van der Waals surface area contributed by atoms with E-state index in [2.05, 4.69) is 20.4 Å². The molecule has 0 fully saturated rings. The number of anilines is 2. The number of aliphatic imine (C=N–C) groups is 1. The molecule has 0 aliphatic heterocycles. The van der Waals surface area contributed by atoms with Crippen LogP contribution in [0.3, 0.4) is 0 Å². The van der Waals surface area contributed by atoms with E-state index in [0.717, 1.165) is 10.4 Å². The van der Waals surface area contributed by atoms with Gasteiger partial charge in [-0.3, -0.25) is 5.21 Å². The van der Waals surface area contributed by atoms with Crippen molar-refractivity contribution in [2.24, 2.45) is 4.99 Å². The summed E-state index contributed by atoms with van der Waals surface area (Å²) in [6.45, 7) is -0.0506. The van der Waals surface area contributed by atoms with Crippen molar-refractivity contribution >= 4 is 44.2 Å². The fourth-order valence-corrected chi connectivity index (χ4v) is 4.02. The van der Waals surface area contributed by atoms with Crippen LogP contribution in [0.2, 0.25) is 0 Å². The number of benzene rings is 2. The Bertz CT molecular complexity index is 1340. The molecule has 0 saturated heterocycles. The predicted molar refractivity (Wildman–Crippen MR) is 124 cm³/mol. The van der Waals surface area contributed by atoms with Gasteiger partial charge in [0.25, 0.3) is 0 Å². The maximum absolute atomic E-state index is 13.4. The van der Waals surface area contributed by atoms with Gasteiger partial charge in [0, 0.05) is 24.4 Å². The summed E-state index contributed by atoms with van der Waals surface area (Å²) < 4.78 is 29.2. The average molecular weight is 485 g/mol. The van der Waals surface area contributed by atoms with Crippen molar-refractivity contribution in [3.63, 3.8) is 0 Å². The number of hydrogen-bond donors (Lipinski definition) is 3. The topological polar surface area (TPSA) is 131 Å². The van der Waals surface area contributed by atoms with E-state index in [0.29, 0.717) is 21.9 Å². The van der Waals surface area contributed by atoms with Crippen molar-refractivity contribution in [3.05, 3.63) is 60.1 Å². The minimum Gasteiger partial charge on any atom is -0.467 e. The van der Waals surface area contributed by atoms with E-state index in [9.17, 15) is 14.4 Å². The molecule has 0 amide bonds. The molecule has 0 spiro atoms. The maximum Gasteiger partial charge on any atom is 0.333 e. The zero-order valence-electron chi connectivity index (χ0n) is 18.1. The van der Waals surface area contributed by atoms with Crippen LogP contribution < -0.4 is 10.8 Å². The number of aromatic nitrogens is 2. The highest BCUT2D eigenvalue weighted by Crippen LogP contribution is 2.30. The molecule has 1 unspecified atom stereocenters. The number of amidine groups is 1. The number of ether oxygens (including phenoxy) is 2. The molecule has 3 N–H and O–H groups in total. The molecule has 4 rings (SSSR count). The summed E-state index contributed by atoms with van der Waals surface area (Å²) in [5, 5.41) is 17.4. The van der Waals surface area contributed by atoms with E-state index in [1.807, 2.05) is 29.7 Å². The monoisotopic (exact) mass is 485 g/mol. The lowest BCUT2D eigenvalue weighted by molar-refractivity contribution is -0.143. The number of carbonyl (C=O) groups excluding carboxylic acids is 1. The Balaban J connectivity index is 1.56. The molecule has 0 bridgehead atoms. The number of nitrogens with zero attached hydrogens (tertiary/aromatic N) is 3. The molecule has 2 aromatic heterocycles. The number of carbonyl (C=O) groups is 1. The van der Waals surface area contributed by atoms with Crippen LogP contribution in [-0.2, 0) is 14.3 Å². The van der Waals surface area contributed by atoms with E-state index in [1.165, 1.54) is 37.7 Å². The molecule has 12 heteroatoms. The number of thiazole rings is 1. The number of rotatable bonds is 8. The minimum atomic E-state index is -1.01. The summed E-state index contributed by atoms with van der Waals surface area (Å²) in [4.78, 5) is 20.4. The first-order valence-corrected chi connectivity index (χ1v) is 10.8. The lowest BCUT2D eigenvalue weighted by Gasteiger charge is -2.10. The van der Waals surface area contributed by atoms with Gasteiger partial charge in [0.2, 0.25) is 5.76 Å². The van der Waals surface area contributed by atoms with E-state index in [1.54, 1.807) is 12.1 Å². The van der Waals surface area contributed by atoms with E-state index in [-0.39, 0.29) is 24.0 Å². The molecule has 34 heavy (non-hydrogen) atoms. The summed E-state index contributed by atoms with van der Waals surface area (Å²) >= 11 is 1.34. The highest BCUT2D eigenvalue weighted by molar-refractivity contribution is 7.22. The molecule has 0 saturated carbocycles. The molecule has 10 nitrogen and oxygen atoms in total. The van der Waals surface area contributed by atoms with Gasteiger partial charge in [-0.1, -0.05) is 28.6 Å². The Morgan fingerprint density at radius 3 is 2.88 bits per heavy atom. The van der Waals surface area contributed by atoms with E-state index in [4.69, 9.17) is 14.0 Å². The largest absolute Gasteiger partial charge is 0.467 e. The summed E-state index contributed by atoms with van der Waals surface area (Å²) in [5.41, 5.74) is 4.54. The lowest BCUT2D eigenvalue weighted by Crippen LogP contribution is -2.30. The second kappa shape index (κ2) is 10.4. The first-order valence-electron chi connectivity index (χ1n) is 9.96. The molecular formula is C22H20FN5O5S. The predicted octanol–water partition coefficient (Wildman–Crippen LogP) is 3.75. The smallest absolute Gasteiger partial charge is 0.333 e. The van der Waals surface area contributed by atoms with Crippen LogP contribution in [0.5, 0.6) is 0 Å². The van der Waals surface area contributed by atoms with Crippen molar-refractivity contribution in [1.29, 1.82) is 0 Å². The number of hydrogen-bond acceptors (Lipinski definition) is 10. The molecule has 0 aliphatic rings. The third-order valence-electron chi connectivity index (χ3n) is 4.69. The molecule has 0 radical (unpaired) electrons. The molecule has 0 aliphatic carbocycles. The number of esters is 1. The zero-order valence-corrected chi connectivity index (χ0v) is 18.9. The highest BCUT2D eigenvalue weighted by Gasteiger charge is 2.21. The Kier molecular flexibility index (Phi) is 7.11. The number of fused-ring (bicyclic) bond motifs is 1. The second-order valence-electron chi connectivity index (χ2n) is 7.00. The van der Waals surface area contributed by atoms with Crippen LogP contribution in [0.25, 0.3) is 21.5 Å². The van der Waals surface area contributed by atoms with Crippen molar-refractivity contribution in [2.45, 2.75) is 6.04 Å². The normalized spacial score (nSPS) is 12.5. The van der Waals surface area contributed by atoms with E-state index < -0.39 is 12.0 Å². The van der Waals surface area contributed by atoms with Gasteiger partial charge >= 0.3 is 5.97 Å². The van der Waals surface area contributed by atoms with Crippen LogP contribution in [0.1, 0.15) is 5.76 Å². The average Bonchev–Trinajstić information content (AvgIpc) is 3.48. The summed E-state index contributed by atoms with van der Waals surface area (Å²) in [7, 11) is 2.64. The van der Waals surface area contributed by atoms with Gasteiger partial charge in [-0.15, -0.1) is 0 Å². The van der Waals surface area contributed by atoms with Crippen LogP contribution in [0.4, 0.5) is 15.2 Å².